The number of unbranched alkanes of at least 4 members (excludes halogenated alkanes) is 1. The van der Waals surface area contributed by atoms with E-state index >= 15 is 0 Å². The fourth-order valence-electron chi connectivity index (χ4n) is 3.73. The standard InChI is InChI=1S/C31H35Cl2N3O5/c1-4-6-16-40-28-14-12-23(18-29(28)39-5-2)20-34-36-31(38)26(17-22-10-8-7-9-11-22)35-30(37)21(3)41-27-15-13-24(32)19-25(27)33/h7-15,18-21,26H,4-6,16-17H2,1-3H3,(H,35,37)(H,36,38)/b34-20-/t21-,26+/m1/s1. The molecule has 2 atom stereocenters. The van der Waals surface area contributed by atoms with Gasteiger partial charge in [0.25, 0.3) is 11.8 Å². The summed E-state index contributed by atoms with van der Waals surface area (Å²) >= 11 is 12.1. The van der Waals surface area contributed by atoms with Crippen LogP contribution in [-0.2, 0) is 16.0 Å². The Morgan fingerprint density at radius 1 is 0.927 bits per heavy atom. The van der Waals surface area contributed by atoms with Crippen LogP contribution >= 0.6 is 23.2 Å². The first kappa shape index (κ1) is 31.8. The van der Waals surface area contributed by atoms with Gasteiger partial charge in [-0.2, -0.15) is 5.10 Å². The third-order valence-corrected chi connectivity index (χ3v) is 6.42. The van der Waals surface area contributed by atoms with Crippen molar-refractivity contribution in [2.75, 3.05) is 13.2 Å². The van der Waals surface area contributed by atoms with Gasteiger partial charge in [-0.25, -0.2) is 5.43 Å². The van der Waals surface area contributed by atoms with E-state index in [1.54, 1.807) is 25.1 Å². The lowest BCUT2D eigenvalue weighted by atomic mass is 10.1. The zero-order valence-electron chi connectivity index (χ0n) is 23.4. The van der Waals surface area contributed by atoms with Gasteiger partial charge in [-0.15, -0.1) is 0 Å². The van der Waals surface area contributed by atoms with Crippen LogP contribution in [-0.4, -0.2) is 43.4 Å². The lowest BCUT2D eigenvalue weighted by Gasteiger charge is -2.21. The molecule has 3 aromatic rings. The topological polar surface area (TPSA) is 98.2 Å². The largest absolute Gasteiger partial charge is 0.490 e. The van der Waals surface area contributed by atoms with Crippen molar-refractivity contribution in [2.24, 2.45) is 5.10 Å². The molecule has 3 aromatic carbocycles. The summed E-state index contributed by atoms with van der Waals surface area (Å²) in [6, 6.07) is 18.6. The van der Waals surface area contributed by atoms with E-state index in [1.165, 1.54) is 12.3 Å². The first-order valence-corrected chi connectivity index (χ1v) is 14.2. The number of rotatable bonds is 15. The second kappa shape index (κ2) is 16.5. The number of ether oxygens (including phenoxy) is 3. The highest BCUT2D eigenvalue weighted by atomic mass is 35.5. The molecule has 0 aliphatic heterocycles. The molecule has 0 aliphatic rings. The van der Waals surface area contributed by atoms with Gasteiger partial charge < -0.3 is 19.5 Å². The number of amides is 2. The average Bonchev–Trinajstić information content (AvgIpc) is 2.96. The monoisotopic (exact) mass is 599 g/mol. The molecule has 8 nitrogen and oxygen atoms in total. The van der Waals surface area contributed by atoms with E-state index in [2.05, 4.69) is 22.8 Å². The molecule has 2 amide bonds. The van der Waals surface area contributed by atoms with E-state index in [1.807, 2.05) is 49.4 Å². The fraction of sp³-hybridized carbons (Fsp3) is 0.323. The second-order valence-corrected chi connectivity index (χ2v) is 10.0. The zero-order chi connectivity index (χ0) is 29.6. The quantitative estimate of drug-likeness (QED) is 0.123. The molecule has 41 heavy (non-hydrogen) atoms. The Hall–Kier alpha value is -3.75. The van der Waals surface area contributed by atoms with Crippen LogP contribution in [0.15, 0.2) is 71.8 Å². The van der Waals surface area contributed by atoms with Gasteiger partial charge in [-0.05, 0) is 67.8 Å². The summed E-state index contributed by atoms with van der Waals surface area (Å²) in [6.45, 7) is 6.65. The molecule has 0 bridgehead atoms. The van der Waals surface area contributed by atoms with Crippen LogP contribution in [0.1, 0.15) is 44.7 Å². The molecular formula is C31H35Cl2N3O5. The van der Waals surface area contributed by atoms with E-state index in [0.717, 1.165) is 18.4 Å². The molecular weight excluding hydrogens is 565 g/mol. The number of carbonyl (C=O) groups is 2. The van der Waals surface area contributed by atoms with Crippen molar-refractivity contribution in [2.45, 2.75) is 52.2 Å². The van der Waals surface area contributed by atoms with Gasteiger partial charge in [-0.3, -0.25) is 9.59 Å². The molecule has 2 N–H and O–H groups in total. The predicted molar refractivity (Wildman–Crippen MR) is 162 cm³/mol. The van der Waals surface area contributed by atoms with E-state index in [4.69, 9.17) is 37.4 Å². The van der Waals surface area contributed by atoms with Crippen LogP contribution in [0.5, 0.6) is 17.2 Å². The second-order valence-electron chi connectivity index (χ2n) is 9.16. The van der Waals surface area contributed by atoms with Crippen molar-refractivity contribution in [1.29, 1.82) is 0 Å². The molecule has 0 aliphatic carbocycles. The lowest BCUT2D eigenvalue weighted by Crippen LogP contribution is -2.50. The van der Waals surface area contributed by atoms with Gasteiger partial charge in [-0.1, -0.05) is 66.9 Å². The lowest BCUT2D eigenvalue weighted by molar-refractivity contribution is -0.132. The van der Waals surface area contributed by atoms with Crippen molar-refractivity contribution in [3.63, 3.8) is 0 Å². The average molecular weight is 601 g/mol. The summed E-state index contributed by atoms with van der Waals surface area (Å²) in [4.78, 5) is 26.2. The highest BCUT2D eigenvalue weighted by molar-refractivity contribution is 6.35. The van der Waals surface area contributed by atoms with Crippen molar-refractivity contribution in [3.8, 4) is 17.2 Å². The van der Waals surface area contributed by atoms with Gasteiger partial charge in [0.15, 0.2) is 17.6 Å². The third-order valence-electron chi connectivity index (χ3n) is 5.89. The Morgan fingerprint density at radius 3 is 2.39 bits per heavy atom. The highest BCUT2D eigenvalue weighted by Gasteiger charge is 2.25. The molecule has 0 heterocycles. The molecule has 0 unspecified atom stereocenters. The number of benzene rings is 3. The number of hydrazone groups is 1. The number of nitrogens with one attached hydrogen (secondary N) is 2. The molecule has 0 fully saturated rings. The maximum Gasteiger partial charge on any atom is 0.262 e. The van der Waals surface area contributed by atoms with Gasteiger partial charge >= 0.3 is 0 Å². The molecule has 0 aromatic heterocycles. The maximum absolute atomic E-state index is 13.2. The minimum Gasteiger partial charge on any atom is -0.490 e. The molecule has 0 saturated heterocycles. The van der Waals surface area contributed by atoms with Crippen molar-refractivity contribution in [3.05, 3.63) is 87.9 Å². The van der Waals surface area contributed by atoms with Crippen LogP contribution in [0.2, 0.25) is 10.0 Å². The summed E-state index contributed by atoms with van der Waals surface area (Å²) in [5.74, 6) is 0.586. The molecule has 0 saturated carbocycles. The first-order valence-electron chi connectivity index (χ1n) is 13.5. The highest BCUT2D eigenvalue weighted by Crippen LogP contribution is 2.29. The minimum atomic E-state index is -0.932. The number of hydrogen-bond donors (Lipinski definition) is 2. The van der Waals surface area contributed by atoms with Crippen molar-refractivity contribution >= 4 is 41.2 Å². The van der Waals surface area contributed by atoms with Gasteiger partial charge in [0.2, 0.25) is 0 Å². The van der Waals surface area contributed by atoms with E-state index in [-0.39, 0.29) is 11.4 Å². The minimum absolute atomic E-state index is 0.251. The number of carbonyl (C=O) groups excluding carboxylic acids is 2. The smallest absolute Gasteiger partial charge is 0.262 e. The molecule has 0 spiro atoms. The van der Waals surface area contributed by atoms with Gasteiger partial charge in [0.05, 0.1) is 24.5 Å². The Bertz CT molecular complexity index is 1320. The Balaban J connectivity index is 1.69. The van der Waals surface area contributed by atoms with Crippen LogP contribution in [0.25, 0.3) is 0 Å². The molecule has 218 valence electrons. The third kappa shape index (κ3) is 10.3. The van der Waals surface area contributed by atoms with Crippen LogP contribution in [0.4, 0.5) is 0 Å². The van der Waals surface area contributed by atoms with E-state index < -0.39 is 24.0 Å². The van der Waals surface area contributed by atoms with E-state index in [9.17, 15) is 9.59 Å². The summed E-state index contributed by atoms with van der Waals surface area (Å²) in [5.41, 5.74) is 4.11. The van der Waals surface area contributed by atoms with Gasteiger partial charge in [0.1, 0.15) is 11.8 Å². The number of hydrogen-bond acceptors (Lipinski definition) is 6. The van der Waals surface area contributed by atoms with E-state index in [0.29, 0.717) is 41.0 Å². The van der Waals surface area contributed by atoms with Crippen LogP contribution < -0.4 is 25.0 Å². The molecule has 10 heteroatoms. The van der Waals surface area contributed by atoms with Crippen molar-refractivity contribution in [1.82, 2.24) is 10.7 Å². The summed E-state index contributed by atoms with van der Waals surface area (Å²) < 4.78 is 17.2. The van der Waals surface area contributed by atoms with Crippen LogP contribution in [0.3, 0.4) is 0 Å². The summed E-state index contributed by atoms with van der Waals surface area (Å²) in [6.07, 6.45) is 2.80. The number of nitrogens with zero attached hydrogens (tertiary/aromatic N) is 1. The number of halogens is 2. The first-order chi connectivity index (χ1) is 19.8. The Kier molecular flexibility index (Phi) is 12.8. The predicted octanol–water partition coefficient (Wildman–Crippen LogP) is 6.22. The summed E-state index contributed by atoms with van der Waals surface area (Å²) in [5, 5.41) is 7.61. The molecule has 3 rings (SSSR count). The Labute approximate surface area is 251 Å². The van der Waals surface area contributed by atoms with Crippen molar-refractivity contribution < 1.29 is 23.8 Å². The van der Waals surface area contributed by atoms with Gasteiger partial charge in [0, 0.05) is 11.4 Å². The van der Waals surface area contributed by atoms with Crippen LogP contribution in [0, 0.1) is 0 Å². The Morgan fingerprint density at radius 2 is 1.68 bits per heavy atom. The SMILES string of the molecule is CCCCOc1ccc(/C=N\NC(=O)[C@H](Cc2ccccc2)NC(=O)[C@@H](C)Oc2ccc(Cl)cc2Cl)cc1OCC. The zero-order valence-corrected chi connectivity index (χ0v) is 24.9. The fourth-order valence-corrected chi connectivity index (χ4v) is 4.18. The normalized spacial score (nSPS) is 12.4. The maximum atomic E-state index is 13.2. The summed E-state index contributed by atoms with van der Waals surface area (Å²) in [7, 11) is 0. The molecule has 0 radical (unpaired) electrons.